The molecule has 0 radical (unpaired) electrons. The molecule has 0 aliphatic heterocycles. The maximum Gasteiger partial charge on any atom is 0.508 e. The van der Waals surface area contributed by atoms with Crippen LogP contribution in [0.3, 0.4) is 0 Å². The summed E-state index contributed by atoms with van der Waals surface area (Å²) in [4.78, 5) is 26.2. The Morgan fingerprint density at radius 2 is 0.824 bits per heavy atom. The van der Waals surface area contributed by atoms with Gasteiger partial charge in [0.2, 0.25) is 0 Å². The summed E-state index contributed by atoms with van der Waals surface area (Å²) in [5.41, 5.74) is 0.994. The first-order valence-corrected chi connectivity index (χ1v) is 20.8. The first-order chi connectivity index (χ1) is 25.0. The number of phenolic OH excluding ortho intramolecular Hbond substituents is 2. The van der Waals surface area contributed by atoms with Crippen LogP contribution in [0.4, 0.5) is 9.59 Å². The molecule has 9 nitrogen and oxygen atoms in total. The number of hydrogen-bond acceptors (Lipinski definition) is 9. The number of unbranched alkanes of at least 4 members (excludes halogenated alkanes) is 20. The number of rotatable bonds is 35. The fraction of sp³-hybridized carbons (Fsp3) is 0.810. The highest BCUT2D eigenvalue weighted by Crippen LogP contribution is 2.25. The third kappa shape index (κ3) is 29.6. The van der Waals surface area contributed by atoms with Crippen molar-refractivity contribution in [3.8, 4) is 11.5 Å². The molecule has 0 fully saturated rings. The van der Waals surface area contributed by atoms with Gasteiger partial charge in [0, 0.05) is 6.54 Å². The molecule has 0 aliphatic carbocycles. The fourth-order valence-electron chi connectivity index (χ4n) is 6.11. The lowest BCUT2D eigenvalue weighted by Gasteiger charge is -2.22. The number of carbonyl (C=O) groups excluding carboxylic acids is 2. The molecule has 1 aromatic rings. The minimum absolute atomic E-state index is 0.0856. The van der Waals surface area contributed by atoms with Gasteiger partial charge >= 0.3 is 12.3 Å². The molecule has 296 valence electrons. The van der Waals surface area contributed by atoms with E-state index in [-0.39, 0.29) is 11.5 Å². The van der Waals surface area contributed by atoms with Crippen LogP contribution in [0, 0.1) is 0 Å². The molecular formula is C42H75NO8. The van der Waals surface area contributed by atoms with Gasteiger partial charge in [-0.1, -0.05) is 135 Å². The van der Waals surface area contributed by atoms with Crippen LogP contribution >= 0.6 is 0 Å². The van der Waals surface area contributed by atoms with Gasteiger partial charge in [-0.05, 0) is 75.7 Å². The molecule has 0 saturated heterocycles. The Morgan fingerprint density at radius 1 is 0.471 bits per heavy atom. The lowest BCUT2D eigenvalue weighted by Crippen LogP contribution is -2.28. The SMILES string of the molecule is CCCCCCCCCCOC(=O)OCCCCCCN(CCCCCCOC(=O)OCCCCCCCCCC)CCc1ccc(O)c(O)c1. The minimum Gasteiger partial charge on any atom is -0.504 e. The molecule has 1 rings (SSSR count). The second kappa shape index (κ2) is 34.4. The van der Waals surface area contributed by atoms with Crippen molar-refractivity contribution < 1.29 is 38.7 Å². The topological polar surface area (TPSA) is 115 Å². The third-order valence-corrected chi connectivity index (χ3v) is 9.37. The molecule has 0 saturated carbocycles. The standard InChI is InChI=1S/C42H75NO8/c1-3-5-7-9-11-13-17-23-33-48-41(46)50-35-25-19-15-21-30-43(32-29-38-27-28-39(44)40(45)37-38)31-22-16-20-26-36-51-42(47)49-34-24-18-14-12-10-8-6-4-2/h27-28,37,44-45H,3-26,29-36H2,1-2H3. The van der Waals surface area contributed by atoms with Gasteiger partial charge in [0.1, 0.15) is 0 Å². The number of nitrogens with zero attached hydrogens (tertiary/aromatic N) is 1. The lowest BCUT2D eigenvalue weighted by molar-refractivity contribution is 0.0520. The first-order valence-electron chi connectivity index (χ1n) is 20.8. The van der Waals surface area contributed by atoms with Crippen LogP contribution in [-0.2, 0) is 25.4 Å². The fourth-order valence-corrected chi connectivity index (χ4v) is 6.11. The number of carbonyl (C=O) groups is 2. The second-order valence-electron chi connectivity index (χ2n) is 14.1. The largest absolute Gasteiger partial charge is 0.508 e. The van der Waals surface area contributed by atoms with E-state index >= 15 is 0 Å². The summed E-state index contributed by atoms with van der Waals surface area (Å²) in [5.74, 6) is -0.185. The van der Waals surface area contributed by atoms with Crippen molar-refractivity contribution in [2.24, 2.45) is 0 Å². The van der Waals surface area contributed by atoms with Crippen LogP contribution in [0.1, 0.15) is 174 Å². The van der Waals surface area contributed by atoms with Crippen molar-refractivity contribution in [2.45, 2.75) is 174 Å². The first kappa shape index (κ1) is 46.3. The van der Waals surface area contributed by atoms with Crippen LogP contribution in [0.25, 0.3) is 0 Å². The highest BCUT2D eigenvalue weighted by Gasteiger charge is 2.09. The van der Waals surface area contributed by atoms with Gasteiger partial charge in [-0.15, -0.1) is 0 Å². The van der Waals surface area contributed by atoms with Gasteiger partial charge in [0.15, 0.2) is 11.5 Å². The van der Waals surface area contributed by atoms with Crippen molar-refractivity contribution in [1.82, 2.24) is 4.90 Å². The summed E-state index contributed by atoms with van der Waals surface area (Å²) < 4.78 is 20.9. The van der Waals surface area contributed by atoms with E-state index < -0.39 is 12.3 Å². The van der Waals surface area contributed by atoms with Crippen molar-refractivity contribution in [2.75, 3.05) is 46.1 Å². The molecule has 1 aromatic carbocycles. The molecule has 0 amide bonds. The summed E-state index contributed by atoms with van der Waals surface area (Å²) in [6, 6.07) is 5.03. The number of hydrogen-bond donors (Lipinski definition) is 2. The normalized spacial score (nSPS) is 11.2. The van der Waals surface area contributed by atoms with Crippen LogP contribution in [0.15, 0.2) is 18.2 Å². The zero-order valence-corrected chi connectivity index (χ0v) is 32.7. The molecule has 0 spiro atoms. The maximum atomic E-state index is 11.9. The maximum absolute atomic E-state index is 11.9. The van der Waals surface area contributed by atoms with E-state index in [4.69, 9.17) is 18.9 Å². The Bertz CT molecular complexity index is 911. The van der Waals surface area contributed by atoms with Gasteiger partial charge in [0.05, 0.1) is 26.4 Å². The van der Waals surface area contributed by atoms with Gasteiger partial charge < -0.3 is 34.1 Å². The summed E-state index contributed by atoms with van der Waals surface area (Å²) in [7, 11) is 0. The summed E-state index contributed by atoms with van der Waals surface area (Å²) >= 11 is 0. The molecule has 2 N–H and O–H groups in total. The molecule has 0 unspecified atom stereocenters. The van der Waals surface area contributed by atoms with E-state index in [1.807, 2.05) is 6.07 Å². The van der Waals surface area contributed by atoms with Gasteiger partial charge in [-0.25, -0.2) is 9.59 Å². The lowest BCUT2D eigenvalue weighted by atomic mass is 10.1. The Morgan fingerprint density at radius 3 is 1.20 bits per heavy atom. The van der Waals surface area contributed by atoms with Crippen LogP contribution in [0.5, 0.6) is 11.5 Å². The van der Waals surface area contributed by atoms with Crippen molar-refractivity contribution in [3.05, 3.63) is 23.8 Å². The zero-order valence-electron chi connectivity index (χ0n) is 32.7. The van der Waals surface area contributed by atoms with E-state index in [0.29, 0.717) is 26.4 Å². The number of ether oxygens (including phenoxy) is 4. The minimum atomic E-state index is -0.551. The smallest absolute Gasteiger partial charge is 0.504 e. The van der Waals surface area contributed by atoms with Crippen LogP contribution in [0.2, 0.25) is 0 Å². The summed E-state index contributed by atoms with van der Waals surface area (Å²) in [6.07, 6.45) is 26.9. The van der Waals surface area contributed by atoms with Crippen molar-refractivity contribution >= 4 is 12.3 Å². The predicted molar refractivity (Wildman–Crippen MR) is 207 cm³/mol. The molecule has 0 heterocycles. The Kier molecular flexibility index (Phi) is 31.3. The highest BCUT2D eigenvalue weighted by molar-refractivity contribution is 5.60. The van der Waals surface area contributed by atoms with Gasteiger partial charge in [-0.2, -0.15) is 0 Å². The molecule has 0 bridgehead atoms. The van der Waals surface area contributed by atoms with Crippen LogP contribution < -0.4 is 0 Å². The monoisotopic (exact) mass is 722 g/mol. The number of aromatic hydroxyl groups is 2. The van der Waals surface area contributed by atoms with Gasteiger partial charge in [0.25, 0.3) is 0 Å². The summed E-state index contributed by atoms with van der Waals surface area (Å²) in [6.45, 7) is 8.94. The van der Waals surface area contributed by atoms with Crippen molar-refractivity contribution in [3.63, 3.8) is 0 Å². The third-order valence-electron chi connectivity index (χ3n) is 9.37. The quantitative estimate of drug-likeness (QED) is 0.0401. The second-order valence-corrected chi connectivity index (χ2v) is 14.1. The predicted octanol–water partition coefficient (Wildman–Crippen LogP) is 11.7. The van der Waals surface area contributed by atoms with E-state index in [0.717, 1.165) is 109 Å². The Hall–Kier alpha value is -2.68. The van der Waals surface area contributed by atoms with Crippen molar-refractivity contribution in [1.29, 1.82) is 0 Å². The average molecular weight is 722 g/mol. The van der Waals surface area contributed by atoms with E-state index in [2.05, 4.69) is 18.7 Å². The van der Waals surface area contributed by atoms with E-state index in [9.17, 15) is 19.8 Å². The average Bonchev–Trinajstić information content (AvgIpc) is 3.12. The summed E-state index contributed by atoms with van der Waals surface area (Å²) in [5, 5.41) is 19.5. The molecule has 9 heteroatoms. The Balaban J connectivity index is 2.16. The molecule has 0 aromatic heterocycles. The Labute approximate surface area is 311 Å². The van der Waals surface area contributed by atoms with E-state index in [1.54, 1.807) is 6.07 Å². The van der Waals surface area contributed by atoms with Crippen LogP contribution in [-0.4, -0.2) is 73.5 Å². The number of phenols is 2. The van der Waals surface area contributed by atoms with Gasteiger partial charge in [-0.3, -0.25) is 0 Å². The molecule has 51 heavy (non-hydrogen) atoms. The zero-order chi connectivity index (χ0) is 37.0. The number of benzene rings is 1. The molecule has 0 aliphatic rings. The molecular weight excluding hydrogens is 646 g/mol. The highest BCUT2D eigenvalue weighted by atomic mass is 16.7. The van der Waals surface area contributed by atoms with E-state index in [1.165, 1.54) is 83.1 Å². The molecule has 0 atom stereocenters.